The molecule has 1 amide bonds. The maximum Gasteiger partial charge on any atom is 0.226 e. The molecule has 0 aromatic rings. The minimum absolute atomic E-state index is 0. The van der Waals surface area contributed by atoms with Gasteiger partial charge in [0.1, 0.15) is 0 Å². The highest BCUT2D eigenvalue weighted by molar-refractivity contribution is 5.85. The summed E-state index contributed by atoms with van der Waals surface area (Å²) in [5.74, 6) is 0.988. The van der Waals surface area contributed by atoms with Gasteiger partial charge in [-0.05, 0) is 31.7 Å². The average Bonchev–Trinajstić information content (AvgIpc) is 3.16. The molecule has 22 heavy (non-hydrogen) atoms. The number of likely N-dealkylation sites (tertiary alicyclic amines) is 1. The molecule has 2 aliphatic heterocycles. The number of nitrogens with zero attached hydrogens (tertiary/aromatic N) is 2. The number of carbonyl (C=O) groups excluding carboxylic acids is 1. The third kappa shape index (κ3) is 4.26. The fourth-order valence-corrected chi connectivity index (χ4v) is 4.06. The van der Waals surface area contributed by atoms with Gasteiger partial charge in [0.15, 0.2) is 0 Å². The van der Waals surface area contributed by atoms with Crippen LogP contribution >= 0.6 is 24.8 Å². The zero-order valence-electron chi connectivity index (χ0n) is 13.1. The maximum atomic E-state index is 12.7. The van der Waals surface area contributed by atoms with E-state index in [-0.39, 0.29) is 30.7 Å². The number of rotatable bonds is 3. The van der Waals surface area contributed by atoms with Gasteiger partial charge >= 0.3 is 0 Å². The van der Waals surface area contributed by atoms with Gasteiger partial charge in [0.2, 0.25) is 5.91 Å². The molecule has 0 aromatic heterocycles. The van der Waals surface area contributed by atoms with Gasteiger partial charge in [-0.3, -0.25) is 9.69 Å². The van der Waals surface area contributed by atoms with Crippen LogP contribution in [0, 0.1) is 11.8 Å². The summed E-state index contributed by atoms with van der Waals surface area (Å²) < 4.78 is 5.41. The highest BCUT2D eigenvalue weighted by atomic mass is 35.5. The molecule has 1 saturated carbocycles. The predicted molar refractivity (Wildman–Crippen MR) is 91.8 cm³/mol. The maximum absolute atomic E-state index is 12.7. The molecule has 130 valence electrons. The van der Waals surface area contributed by atoms with Crippen molar-refractivity contribution >= 4 is 30.7 Å². The Balaban J connectivity index is 0.00000121. The summed E-state index contributed by atoms with van der Waals surface area (Å²) in [7, 11) is 0. The highest BCUT2D eigenvalue weighted by Crippen LogP contribution is 2.33. The Bertz CT molecular complexity index is 354. The molecule has 2 N–H and O–H groups in total. The first-order valence-corrected chi connectivity index (χ1v) is 8.10. The molecule has 2 heterocycles. The summed E-state index contributed by atoms with van der Waals surface area (Å²) in [6.45, 7) is 6.20. The fourth-order valence-electron chi connectivity index (χ4n) is 4.06. The first-order valence-electron chi connectivity index (χ1n) is 8.10. The summed E-state index contributed by atoms with van der Waals surface area (Å²) >= 11 is 0. The van der Waals surface area contributed by atoms with Crippen LogP contribution in [0.5, 0.6) is 0 Å². The molecule has 0 spiro atoms. The van der Waals surface area contributed by atoms with Gasteiger partial charge < -0.3 is 15.4 Å². The van der Waals surface area contributed by atoms with Gasteiger partial charge in [0.05, 0.1) is 13.2 Å². The van der Waals surface area contributed by atoms with Crippen molar-refractivity contribution in [1.82, 2.24) is 9.80 Å². The minimum Gasteiger partial charge on any atom is -0.379 e. The van der Waals surface area contributed by atoms with Gasteiger partial charge in [-0.25, -0.2) is 0 Å². The zero-order chi connectivity index (χ0) is 13.9. The number of halogens is 2. The summed E-state index contributed by atoms with van der Waals surface area (Å²) in [5.41, 5.74) is 5.81. The lowest BCUT2D eigenvalue weighted by Gasteiger charge is -2.32. The van der Waals surface area contributed by atoms with Gasteiger partial charge in [0.25, 0.3) is 0 Å². The van der Waals surface area contributed by atoms with E-state index < -0.39 is 0 Å². The van der Waals surface area contributed by atoms with E-state index in [0.717, 1.165) is 58.7 Å². The van der Waals surface area contributed by atoms with Crippen LogP contribution in [0.3, 0.4) is 0 Å². The average molecular weight is 354 g/mol. The van der Waals surface area contributed by atoms with Crippen molar-refractivity contribution in [2.24, 2.45) is 17.6 Å². The Hall–Kier alpha value is -0.0700. The van der Waals surface area contributed by atoms with Crippen LogP contribution in [0.25, 0.3) is 0 Å². The molecule has 1 aliphatic carbocycles. The van der Waals surface area contributed by atoms with Crippen molar-refractivity contribution in [3.63, 3.8) is 0 Å². The largest absolute Gasteiger partial charge is 0.379 e. The molecule has 0 radical (unpaired) electrons. The Morgan fingerprint density at radius 1 is 1.09 bits per heavy atom. The number of carbonyl (C=O) groups is 1. The molecular weight excluding hydrogens is 325 g/mol. The van der Waals surface area contributed by atoms with Crippen molar-refractivity contribution in [1.29, 1.82) is 0 Å². The molecule has 3 fully saturated rings. The lowest BCUT2D eigenvalue weighted by Crippen LogP contribution is -2.46. The number of hydrogen-bond acceptors (Lipinski definition) is 4. The molecule has 0 bridgehead atoms. The van der Waals surface area contributed by atoms with Crippen LogP contribution in [0.2, 0.25) is 0 Å². The summed E-state index contributed by atoms with van der Waals surface area (Å²) in [6.07, 6.45) is 4.46. The van der Waals surface area contributed by atoms with E-state index >= 15 is 0 Å². The van der Waals surface area contributed by atoms with Crippen LogP contribution in [0.1, 0.15) is 25.7 Å². The van der Waals surface area contributed by atoms with Crippen LogP contribution < -0.4 is 5.73 Å². The van der Waals surface area contributed by atoms with E-state index in [2.05, 4.69) is 9.80 Å². The topological polar surface area (TPSA) is 58.8 Å². The van der Waals surface area contributed by atoms with E-state index in [1.54, 1.807) is 0 Å². The first-order chi connectivity index (χ1) is 9.79. The molecule has 3 rings (SSSR count). The smallest absolute Gasteiger partial charge is 0.226 e. The van der Waals surface area contributed by atoms with E-state index in [1.165, 1.54) is 6.42 Å². The molecule has 3 aliphatic rings. The highest BCUT2D eigenvalue weighted by Gasteiger charge is 2.38. The number of amides is 1. The van der Waals surface area contributed by atoms with Crippen LogP contribution in [0.4, 0.5) is 0 Å². The predicted octanol–water partition coefficient (Wildman–Crippen LogP) is 1.14. The van der Waals surface area contributed by atoms with Gasteiger partial charge in [-0.15, -0.1) is 24.8 Å². The third-order valence-electron chi connectivity index (χ3n) is 5.32. The van der Waals surface area contributed by atoms with Crippen molar-refractivity contribution in [3.05, 3.63) is 0 Å². The van der Waals surface area contributed by atoms with E-state index in [0.29, 0.717) is 24.4 Å². The monoisotopic (exact) mass is 353 g/mol. The second kappa shape index (κ2) is 9.28. The Labute approximate surface area is 145 Å². The van der Waals surface area contributed by atoms with E-state index in [4.69, 9.17) is 10.5 Å². The van der Waals surface area contributed by atoms with Crippen LogP contribution in [-0.2, 0) is 9.53 Å². The van der Waals surface area contributed by atoms with Crippen molar-refractivity contribution < 1.29 is 9.53 Å². The quantitative estimate of drug-likeness (QED) is 0.826. The summed E-state index contributed by atoms with van der Waals surface area (Å²) in [4.78, 5) is 17.3. The van der Waals surface area contributed by atoms with Gasteiger partial charge in [-0.2, -0.15) is 0 Å². The van der Waals surface area contributed by atoms with Crippen LogP contribution in [0.15, 0.2) is 0 Å². The zero-order valence-corrected chi connectivity index (χ0v) is 14.7. The van der Waals surface area contributed by atoms with Gasteiger partial charge in [-0.1, -0.05) is 6.42 Å². The summed E-state index contributed by atoms with van der Waals surface area (Å²) in [6, 6.07) is 0.542. The van der Waals surface area contributed by atoms with Crippen molar-refractivity contribution in [2.75, 3.05) is 45.9 Å². The van der Waals surface area contributed by atoms with E-state index in [9.17, 15) is 4.79 Å². The molecule has 7 heteroatoms. The van der Waals surface area contributed by atoms with Crippen molar-refractivity contribution in [3.8, 4) is 0 Å². The SMILES string of the molecule is Cl.Cl.NC[C@H]1CCC[C@H]1C(=O)N1CCC(N2CCOCC2)C1. The number of nitrogens with two attached hydrogens (primary N) is 1. The Kier molecular flexibility index (Phi) is 8.43. The molecule has 3 atom stereocenters. The third-order valence-corrected chi connectivity index (χ3v) is 5.32. The molecule has 2 saturated heterocycles. The normalized spacial score (nSPS) is 32.4. The second-order valence-electron chi connectivity index (χ2n) is 6.41. The number of ether oxygens (including phenoxy) is 1. The number of morpholine rings is 1. The fraction of sp³-hybridized carbons (Fsp3) is 0.933. The summed E-state index contributed by atoms with van der Waals surface area (Å²) in [5, 5.41) is 0. The minimum atomic E-state index is 0. The number of hydrogen-bond donors (Lipinski definition) is 1. The van der Waals surface area contributed by atoms with Crippen molar-refractivity contribution in [2.45, 2.75) is 31.7 Å². The molecular formula is C15H29Cl2N3O2. The second-order valence-corrected chi connectivity index (χ2v) is 6.41. The lowest BCUT2D eigenvalue weighted by molar-refractivity contribution is -0.135. The first kappa shape index (κ1) is 20.0. The van der Waals surface area contributed by atoms with E-state index in [1.807, 2.05) is 0 Å². The van der Waals surface area contributed by atoms with Gasteiger partial charge in [0, 0.05) is 38.1 Å². The molecule has 1 unspecified atom stereocenters. The Morgan fingerprint density at radius 3 is 2.50 bits per heavy atom. The van der Waals surface area contributed by atoms with Crippen LogP contribution in [-0.4, -0.2) is 67.7 Å². The molecule has 0 aromatic carbocycles. The Morgan fingerprint density at radius 2 is 1.82 bits per heavy atom. The standard InChI is InChI=1S/C15H27N3O2.2ClH/c16-10-12-2-1-3-14(12)15(19)18-5-4-13(11-18)17-6-8-20-9-7-17;;/h12-14H,1-11,16H2;2*1H/t12-,13?,14-;;/m1../s1. The lowest BCUT2D eigenvalue weighted by atomic mass is 9.95. The molecule has 5 nitrogen and oxygen atoms in total.